The van der Waals surface area contributed by atoms with E-state index in [4.69, 9.17) is 11.6 Å². The molecular formula is C10H11ClN4O2. The van der Waals surface area contributed by atoms with E-state index in [1.54, 1.807) is 12.3 Å². The van der Waals surface area contributed by atoms with Crippen LogP contribution in [0, 0.1) is 10.1 Å². The van der Waals surface area contributed by atoms with Gasteiger partial charge in [0.15, 0.2) is 5.82 Å². The SMILES string of the molecule is O=[N+]([O-])/[14CH]=C1/NCCN1Cc1ccc(Cl)nc1. The third kappa shape index (κ3) is 3.07. The molecule has 1 fully saturated rings. The molecule has 0 atom stereocenters. The summed E-state index contributed by atoms with van der Waals surface area (Å²) in [6.07, 6.45) is 2.65. The highest BCUT2D eigenvalue weighted by atomic mass is 35.5. The molecule has 17 heavy (non-hydrogen) atoms. The number of aromatic nitrogens is 1. The molecule has 1 aromatic heterocycles. The van der Waals surface area contributed by atoms with Crippen LogP contribution in [-0.4, -0.2) is 27.9 Å². The van der Waals surface area contributed by atoms with Gasteiger partial charge in [0.05, 0.1) is 4.92 Å². The van der Waals surface area contributed by atoms with E-state index in [-0.39, 0.29) is 0 Å². The predicted octanol–water partition coefficient (Wildman–Crippen LogP) is 1.22. The molecule has 2 heterocycles. The van der Waals surface area contributed by atoms with Crippen LogP contribution in [0.15, 0.2) is 30.4 Å². The number of hydrogen-bond donors (Lipinski definition) is 1. The highest BCUT2D eigenvalue weighted by Crippen LogP contribution is 2.13. The zero-order valence-corrected chi connectivity index (χ0v) is 9.72. The van der Waals surface area contributed by atoms with Gasteiger partial charge in [-0.3, -0.25) is 10.1 Å². The Balaban J connectivity index is 2.07. The monoisotopic (exact) mass is 256 g/mol. The Morgan fingerprint density at radius 3 is 3.12 bits per heavy atom. The lowest BCUT2D eigenvalue weighted by Crippen LogP contribution is -2.20. The van der Waals surface area contributed by atoms with E-state index in [1.165, 1.54) is 0 Å². The number of halogens is 1. The second-order valence-electron chi connectivity index (χ2n) is 3.64. The molecule has 1 saturated heterocycles. The van der Waals surface area contributed by atoms with Crippen molar-refractivity contribution in [2.75, 3.05) is 13.1 Å². The van der Waals surface area contributed by atoms with Gasteiger partial charge >= 0.3 is 0 Å². The summed E-state index contributed by atoms with van der Waals surface area (Å²) in [7, 11) is 0. The lowest BCUT2D eigenvalue weighted by Gasteiger charge is -2.16. The van der Waals surface area contributed by atoms with E-state index in [2.05, 4.69) is 10.3 Å². The molecule has 2 rings (SSSR count). The van der Waals surface area contributed by atoms with E-state index in [9.17, 15) is 10.1 Å². The van der Waals surface area contributed by atoms with E-state index >= 15 is 0 Å². The van der Waals surface area contributed by atoms with Crippen LogP contribution in [0.2, 0.25) is 5.15 Å². The van der Waals surface area contributed by atoms with E-state index < -0.39 is 4.92 Å². The van der Waals surface area contributed by atoms with Crippen molar-refractivity contribution < 1.29 is 4.92 Å². The van der Waals surface area contributed by atoms with Crippen molar-refractivity contribution in [2.45, 2.75) is 6.54 Å². The second kappa shape index (κ2) is 5.01. The first-order valence-corrected chi connectivity index (χ1v) is 5.47. The van der Waals surface area contributed by atoms with Crippen molar-refractivity contribution in [2.24, 2.45) is 0 Å². The molecule has 0 amide bonds. The van der Waals surface area contributed by atoms with Gasteiger partial charge in [0.1, 0.15) is 5.15 Å². The molecule has 1 aromatic rings. The van der Waals surface area contributed by atoms with Crippen LogP contribution in [0.25, 0.3) is 0 Å². The number of hydrogen-bond acceptors (Lipinski definition) is 5. The molecule has 1 aliphatic rings. The summed E-state index contributed by atoms with van der Waals surface area (Å²) in [5.41, 5.74) is 0.965. The molecule has 90 valence electrons. The number of pyridine rings is 1. The lowest BCUT2D eigenvalue weighted by atomic mass is 10.3. The third-order valence-corrected chi connectivity index (χ3v) is 2.64. The fourth-order valence-electron chi connectivity index (χ4n) is 1.66. The highest BCUT2D eigenvalue weighted by Gasteiger charge is 2.19. The first-order chi connectivity index (χ1) is 8.15. The van der Waals surface area contributed by atoms with Gasteiger partial charge in [-0.2, -0.15) is 0 Å². The van der Waals surface area contributed by atoms with Crippen molar-refractivity contribution in [3.05, 3.63) is 51.2 Å². The van der Waals surface area contributed by atoms with Crippen molar-refractivity contribution in [3.8, 4) is 0 Å². The van der Waals surface area contributed by atoms with E-state index in [0.717, 1.165) is 18.3 Å². The summed E-state index contributed by atoms with van der Waals surface area (Å²) in [6.45, 7) is 2.03. The van der Waals surface area contributed by atoms with Crippen LogP contribution in [-0.2, 0) is 6.54 Å². The van der Waals surface area contributed by atoms with Gasteiger partial charge in [-0.15, -0.1) is 0 Å². The minimum Gasteiger partial charge on any atom is -0.365 e. The lowest BCUT2D eigenvalue weighted by molar-refractivity contribution is -0.404. The fourth-order valence-corrected chi connectivity index (χ4v) is 1.77. The normalized spacial score (nSPS) is 17.2. The van der Waals surface area contributed by atoms with Crippen LogP contribution in [0.4, 0.5) is 0 Å². The third-order valence-electron chi connectivity index (χ3n) is 2.42. The van der Waals surface area contributed by atoms with Gasteiger partial charge in [-0.25, -0.2) is 4.98 Å². The van der Waals surface area contributed by atoms with Crippen LogP contribution in [0.5, 0.6) is 0 Å². The minimum absolute atomic E-state index is 0.439. The van der Waals surface area contributed by atoms with Gasteiger partial charge < -0.3 is 10.2 Å². The fraction of sp³-hybridized carbons (Fsp3) is 0.300. The number of rotatable bonds is 3. The van der Waals surface area contributed by atoms with Crippen LogP contribution in [0.3, 0.4) is 0 Å². The Labute approximate surface area is 103 Å². The van der Waals surface area contributed by atoms with E-state index in [1.807, 2.05) is 11.0 Å². The minimum atomic E-state index is -0.458. The Morgan fingerprint density at radius 1 is 1.65 bits per heavy atom. The molecule has 0 radical (unpaired) electrons. The van der Waals surface area contributed by atoms with Crippen LogP contribution < -0.4 is 5.32 Å². The zero-order chi connectivity index (χ0) is 12.3. The van der Waals surface area contributed by atoms with E-state index in [0.29, 0.717) is 24.1 Å². The molecule has 0 bridgehead atoms. The average molecular weight is 257 g/mol. The van der Waals surface area contributed by atoms with Gasteiger partial charge in [0.25, 0.3) is 6.20 Å². The molecule has 1 N–H and O–H groups in total. The number of nitro groups is 1. The van der Waals surface area contributed by atoms with Gasteiger partial charge in [0, 0.05) is 25.8 Å². The Kier molecular flexibility index (Phi) is 3.43. The van der Waals surface area contributed by atoms with Crippen LogP contribution in [0.1, 0.15) is 5.56 Å². The quantitative estimate of drug-likeness (QED) is 0.500. The summed E-state index contributed by atoms with van der Waals surface area (Å²) in [5, 5.41) is 13.8. The molecule has 0 saturated carbocycles. The first-order valence-electron chi connectivity index (χ1n) is 5.10. The summed E-state index contributed by atoms with van der Waals surface area (Å²) < 4.78 is 0. The summed E-state index contributed by atoms with van der Waals surface area (Å²) >= 11 is 5.69. The van der Waals surface area contributed by atoms with Crippen molar-refractivity contribution in [1.29, 1.82) is 0 Å². The summed E-state index contributed by atoms with van der Waals surface area (Å²) in [4.78, 5) is 15.8. The Bertz CT molecular complexity index is 446. The molecule has 1 aliphatic heterocycles. The maximum Gasteiger partial charge on any atom is 0.274 e. The van der Waals surface area contributed by atoms with Gasteiger partial charge in [-0.05, 0) is 11.6 Å². The molecule has 6 nitrogen and oxygen atoms in total. The largest absolute Gasteiger partial charge is 0.365 e. The molecule has 7 heteroatoms. The van der Waals surface area contributed by atoms with Crippen molar-refractivity contribution in [1.82, 2.24) is 15.2 Å². The maximum absolute atomic E-state index is 10.4. The number of nitrogens with one attached hydrogen (secondary N) is 1. The molecule has 0 spiro atoms. The molecule has 0 unspecified atom stereocenters. The van der Waals surface area contributed by atoms with Crippen molar-refractivity contribution >= 4 is 11.6 Å². The summed E-state index contributed by atoms with van der Waals surface area (Å²) in [6, 6.07) is 3.56. The maximum atomic E-state index is 10.4. The molecule has 0 aromatic carbocycles. The molecule has 0 aliphatic carbocycles. The topological polar surface area (TPSA) is 71.3 Å². The average Bonchev–Trinajstić information content (AvgIpc) is 2.68. The van der Waals surface area contributed by atoms with Gasteiger partial charge in [0.2, 0.25) is 0 Å². The van der Waals surface area contributed by atoms with Crippen molar-refractivity contribution in [3.63, 3.8) is 0 Å². The second-order valence-corrected chi connectivity index (χ2v) is 4.02. The number of nitrogens with zero attached hydrogens (tertiary/aromatic N) is 3. The Hall–Kier alpha value is -1.82. The summed E-state index contributed by atoms with van der Waals surface area (Å²) in [5.74, 6) is 0.532. The zero-order valence-electron chi connectivity index (χ0n) is 8.97. The standard InChI is InChI=1S/C10H11ClN4O2/c11-9-2-1-8(5-13-9)6-14-4-3-12-10(14)7-15(16)17/h1-2,5,7,12H,3-4,6H2/b10-7-/i7+2. The smallest absolute Gasteiger partial charge is 0.274 e. The predicted molar refractivity (Wildman–Crippen MR) is 62.7 cm³/mol. The first kappa shape index (κ1) is 11.7. The van der Waals surface area contributed by atoms with Gasteiger partial charge in [-0.1, -0.05) is 17.7 Å². The highest BCUT2D eigenvalue weighted by molar-refractivity contribution is 6.29. The molecular weight excluding hydrogens is 246 g/mol. The Morgan fingerprint density at radius 2 is 2.47 bits per heavy atom. The van der Waals surface area contributed by atoms with Crippen LogP contribution >= 0.6 is 11.6 Å².